The van der Waals surface area contributed by atoms with Gasteiger partial charge in [-0.25, -0.2) is 9.18 Å². The van der Waals surface area contributed by atoms with Crippen molar-refractivity contribution in [1.29, 1.82) is 0 Å². The maximum Gasteiger partial charge on any atom is 0.325 e. The molecular formula is C18H20FN3O5. The number of rotatable bonds is 4. The Labute approximate surface area is 154 Å². The number of urea groups is 1. The number of halogens is 1. The van der Waals surface area contributed by atoms with E-state index < -0.39 is 47.6 Å². The minimum absolute atomic E-state index is 0.0498. The Morgan fingerprint density at radius 3 is 2.44 bits per heavy atom. The van der Waals surface area contributed by atoms with Gasteiger partial charge in [0.2, 0.25) is 5.91 Å². The van der Waals surface area contributed by atoms with E-state index in [1.165, 1.54) is 36.1 Å². The molecule has 2 aliphatic heterocycles. The lowest BCUT2D eigenvalue weighted by Gasteiger charge is -2.23. The molecule has 1 aromatic carbocycles. The topological polar surface area (TPSA) is 107 Å². The summed E-state index contributed by atoms with van der Waals surface area (Å²) in [4.78, 5) is 51.0. The Balaban J connectivity index is 1.73. The SMILES string of the molecule is C[C@@H]1CN(C(=O)CN2C(=O)NC(C)(c3ccc(F)cc3)C2=O)C[C@H]1C(=O)O. The standard InChI is InChI=1S/C18H20FN3O5/c1-10-7-21(8-13(10)15(24)25)14(23)9-22-16(26)18(2,20-17(22)27)11-3-5-12(19)6-4-11/h3-6,10,13H,7-9H2,1-2H3,(H,20,27)(H,24,25)/t10-,13-,18?/m1/s1. The van der Waals surface area contributed by atoms with Crippen LogP contribution in [0.4, 0.5) is 9.18 Å². The zero-order chi connectivity index (χ0) is 19.9. The van der Waals surface area contributed by atoms with E-state index in [4.69, 9.17) is 0 Å². The Morgan fingerprint density at radius 1 is 1.26 bits per heavy atom. The first-order valence-electron chi connectivity index (χ1n) is 8.54. The number of carbonyl (C=O) groups is 4. The minimum atomic E-state index is -1.40. The van der Waals surface area contributed by atoms with E-state index in [2.05, 4.69) is 5.32 Å². The number of likely N-dealkylation sites (tertiary alicyclic amines) is 1. The van der Waals surface area contributed by atoms with Crippen molar-refractivity contribution < 1.29 is 28.7 Å². The zero-order valence-corrected chi connectivity index (χ0v) is 14.9. The predicted octanol–water partition coefficient (Wildman–Crippen LogP) is 0.772. The van der Waals surface area contributed by atoms with Crippen LogP contribution in [0.2, 0.25) is 0 Å². The number of hydrogen-bond acceptors (Lipinski definition) is 4. The second-order valence-corrected chi connectivity index (χ2v) is 7.17. The van der Waals surface area contributed by atoms with Crippen LogP contribution in [-0.4, -0.2) is 58.4 Å². The maximum atomic E-state index is 13.1. The Bertz CT molecular complexity index is 812. The van der Waals surface area contributed by atoms with Crippen molar-refractivity contribution in [2.45, 2.75) is 19.4 Å². The molecule has 27 heavy (non-hydrogen) atoms. The predicted molar refractivity (Wildman–Crippen MR) is 90.9 cm³/mol. The second-order valence-electron chi connectivity index (χ2n) is 7.17. The number of benzene rings is 1. The van der Waals surface area contributed by atoms with Gasteiger partial charge in [0.1, 0.15) is 17.9 Å². The van der Waals surface area contributed by atoms with Crippen molar-refractivity contribution in [3.05, 3.63) is 35.6 Å². The average Bonchev–Trinajstić information content (AvgIpc) is 3.09. The summed E-state index contributed by atoms with van der Waals surface area (Å²) in [5, 5.41) is 11.7. The lowest BCUT2D eigenvalue weighted by Crippen LogP contribution is -2.44. The summed E-state index contributed by atoms with van der Waals surface area (Å²) >= 11 is 0. The van der Waals surface area contributed by atoms with Crippen LogP contribution in [0.15, 0.2) is 24.3 Å². The normalized spacial score (nSPS) is 27.8. The van der Waals surface area contributed by atoms with Gasteiger partial charge in [-0.2, -0.15) is 0 Å². The molecule has 0 radical (unpaired) electrons. The van der Waals surface area contributed by atoms with E-state index in [1.54, 1.807) is 6.92 Å². The molecule has 2 aliphatic rings. The first-order valence-corrected chi connectivity index (χ1v) is 8.54. The van der Waals surface area contributed by atoms with Crippen LogP contribution >= 0.6 is 0 Å². The highest BCUT2D eigenvalue weighted by molar-refractivity contribution is 6.09. The number of nitrogens with zero attached hydrogens (tertiary/aromatic N) is 2. The number of aliphatic carboxylic acids is 1. The molecular weight excluding hydrogens is 357 g/mol. The quantitative estimate of drug-likeness (QED) is 0.754. The molecule has 2 N–H and O–H groups in total. The van der Waals surface area contributed by atoms with Crippen LogP contribution in [0.1, 0.15) is 19.4 Å². The van der Waals surface area contributed by atoms with Crippen molar-refractivity contribution in [2.24, 2.45) is 11.8 Å². The summed E-state index contributed by atoms with van der Waals surface area (Å²) in [6, 6.07) is 4.45. The smallest absolute Gasteiger partial charge is 0.325 e. The molecule has 3 rings (SSSR count). The molecule has 1 unspecified atom stereocenters. The Kier molecular flexibility index (Phi) is 4.63. The number of carboxylic acids is 1. The second kappa shape index (κ2) is 6.64. The summed E-state index contributed by atoms with van der Waals surface area (Å²) in [5.74, 6) is -3.42. The van der Waals surface area contributed by atoms with E-state index in [-0.39, 0.29) is 19.0 Å². The lowest BCUT2D eigenvalue weighted by molar-refractivity contribution is -0.143. The number of carboxylic acid groups (broad SMARTS) is 1. The number of nitrogens with one attached hydrogen (secondary N) is 1. The van der Waals surface area contributed by atoms with Crippen molar-refractivity contribution in [1.82, 2.24) is 15.1 Å². The Morgan fingerprint density at radius 2 is 1.89 bits per heavy atom. The number of hydrogen-bond donors (Lipinski definition) is 2. The first-order chi connectivity index (χ1) is 12.6. The molecule has 0 spiro atoms. The average molecular weight is 377 g/mol. The molecule has 0 aromatic heterocycles. The molecule has 3 atom stereocenters. The van der Waals surface area contributed by atoms with Gasteiger partial charge >= 0.3 is 12.0 Å². The molecule has 9 heteroatoms. The van der Waals surface area contributed by atoms with Crippen molar-refractivity contribution in [3.8, 4) is 0 Å². The molecule has 4 amide bonds. The number of amides is 4. The number of carbonyl (C=O) groups excluding carboxylic acids is 3. The third kappa shape index (κ3) is 3.24. The zero-order valence-electron chi connectivity index (χ0n) is 14.9. The van der Waals surface area contributed by atoms with Crippen LogP contribution < -0.4 is 5.32 Å². The number of imide groups is 1. The van der Waals surface area contributed by atoms with E-state index in [1.807, 2.05) is 0 Å². The third-order valence-electron chi connectivity index (χ3n) is 5.27. The van der Waals surface area contributed by atoms with Gasteiger partial charge in [-0.1, -0.05) is 19.1 Å². The molecule has 144 valence electrons. The molecule has 2 fully saturated rings. The summed E-state index contributed by atoms with van der Waals surface area (Å²) in [6.45, 7) is 3.07. The summed E-state index contributed by atoms with van der Waals surface area (Å²) in [5.41, 5.74) is -0.995. The Hall–Kier alpha value is -2.97. The fourth-order valence-corrected chi connectivity index (χ4v) is 3.55. The van der Waals surface area contributed by atoms with Gasteiger partial charge in [0.05, 0.1) is 5.92 Å². The van der Waals surface area contributed by atoms with Crippen molar-refractivity contribution in [3.63, 3.8) is 0 Å². The largest absolute Gasteiger partial charge is 0.481 e. The fourth-order valence-electron chi connectivity index (χ4n) is 3.55. The molecule has 8 nitrogen and oxygen atoms in total. The van der Waals surface area contributed by atoms with E-state index >= 15 is 0 Å². The van der Waals surface area contributed by atoms with Gasteiger partial charge in [0, 0.05) is 13.1 Å². The molecule has 0 saturated carbocycles. The molecule has 2 saturated heterocycles. The summed E-state index contributed by atoms with van der Waals surface area (Å²) in [6.07, 6.45) is 0. The minimum Gasteiger partial charge on any atom is -0.481 e. The monoisotopic (exact) mass is 377 g/mol. The third-order valence-corrected chi connectivity index (χ3v) is 5.27. The maximum absolute atomic E-state index is 13.1. The summed E-state index contributed by atoms with van der Waals surface area (Å²) in [7, 11) is 0. The van der Waals surface area contributed by atoms with Crippen LogP contribution in [0.5, 0.6) is 0 Å². The fraction of sp³-hybridized carbons (Fsp3) is 0.444. The van der Waals surface area contributed by atoms with Crippen molar-refractivity contribution in [2.75, 3.05) is 19.6 Å². The van der Waals surface area contributed by atoms with Gasteiger partial charge in [0.25, 0.3) is 5.91 Å². The highest BCUT2D eigenvalue weighted by Crippen LogP contribution is 2.29. The summed E-state index contributed by atoms with van der Waals surface area (Å²) < 4.78 is 13.1. The van der Waals surface area contributed by atoms with Crippen LogP contribution in [-0.2, 0) is 19.9 Å². The molecule has 1 aromatic rings. The molecule has 0 aliphatic carbocycles. The first kappa shape index (κ1) is 18.8. The van der Waals surface area contributed by atoms with Crippen LogP contribution in [0.25, 0.3) is 0 Å². The lowest BCUT2D eigenvalue weighted by atomic mass is 9.92. The van der Waals surface area contributed by atoms with Gasteiger partial charge in [-0.3, -0.25) is 19.3 Å². The van der Waals surface area contributed by atoms with E-state index in [9.17, 15) is 28.7 Å². The van der Waals surface area contributed by atoms with E-state index in [0.29, 0.717) is 5.56 Å². The highest BCUT2D eigenvalue weighted by Gasteiger charge is 2.50. The molecule has 0 bridgehead atoms. The van der Waals surface area contributed by atoms with Gasteiger partial charge < -0.3 is 15.3 Å². The van der Waals surface area contributed by atoms with Crippen LogP contribution in [0.3, 0.4) is 0 Å². The molecule has 2 heterocycles. The van der Waals surface area contributed by atoms with Crippen molar-refractivity contribution >= 4 is 23.8 Å². The highest BCUT2D eigenvalue weighted by atomic mass is 19.1. The van der Waals surface area contributed by atoms with Gasteiger partial charge in [-0.15, -0.1) is 0 Å². The van der Waals surface area contributed by atoms with Crippen LogP contribution in [0, 0.1) is 17.7 Å². The van der Waals surface area contributed by atoms with E-state index in [0.717, 1.165) is 4.90 Å². The van der Waals surface area contributed by atoms with Gasteiger partial charge in [-0.05, 0) is 30.5 Å². The van der Waals surface area contributed by atoms with Gasteiger partial charge in [0.15, 0.2) is 0 Å².